The predicted octanol–water partition coefficient (Wildman–Crippen LogP) is 3.68. The van der Waals surface area contributed by atoms with E-state index in [2.05, 4.69) is 20.9 Å². The summed E-state index contributed by atoms with van der Waals surface area (Å²) in [5, 5.41) is 4.20. The van der Waals surface area contributed by atoms with E-state index in [1.54, 1.807) is 0 Å². The van der Waals surface area contributed by atoms with E-state index in [-0.39, 0.29) is 0 Å². The van der Waals surface area contributed by atoms with Crippen LogP contribution in [0.15, 0.2) is 42.6 Å². The molecule has 4 rings (SSSR count). The van der Waals surface area contributed by atoms with Crippen molar-refractivity contribution in [3.05, 3.63) is 47.6 Å². The highest BCUT2D eigenvalue weighted by Crippen LogP contribution is 2.31. The Bertz CT molecular complexity index is 805. The quantitative estimate of drug-likeness (QED) is 0.785. The molecule has 1 unspecified atom stereocenters. The average Bonchev–Trinajstić information content (AvgIpc) is 2.95. The Kier molecular flexibility index (Phi) is 3.56. The third-order valence-electron chi connectivity index (χ3n) is 4.17. The summed E-state index contributed by atoms with van der Waals surface area (Å²) in [5.41, 5.74) is 2.92. The lowest BCUT2D eigenvalue weighted by Crippen LogP contribution is -2.32. The van der Waals surface area contributed by atoms with Crippen LogP contribution in [0.1, 0.15) is 18.9 Å². The van der Waals surface area contributed by atoms with Crippen molar-refractivity contribution in [3.63, 3.8) is 0 Å². The third-order valence-corrected chi connectivity index (χ3v) is 4.40. The molecule has 0 amide bonds. The van der Waals surface area contributed by atoms with Gasteiger partial charge in [-0.3, -0.25) is 0 Å². The highest BCUT2D eigenvalue weighted by molar-refractivity contribution is 6.30. The van der Waals surface area contributed by atoms with Crippen LogP contribution in [0.2, 0.25) is 5.02 Å². The number of hydrogen-bond donors (Lipinski definition) is 1. The van der Waals surface area contributed by atoms with E-state index >= 15 is 0 Å². The Morgan fingerprint density at radius 3 is 3.00 bits per heavy atom. The first-order chi connectivity index (χ1) is 10.8. The summed E-state index contributed by atoms with van der Waals surface area (Å²) >= 11 is 6.17. The van der Waals surface area contributed by atoms with Gasteiger partial charge in [-0.2, -0.15) is 0 Å². The van der Waals surface area contributed by atoms with Gasteiger partial charge in [-0.15, -0.1) is 0 Å². The predicted molar refractivity (Wildman–Crippen MR) is 89.1 cm³/mol. The van der Waals surface area contributed by atoms with Crippen LogP contribution in [-0.2, 0) is 0 Å². The summed E-state index contributed by atoms with van der Waals surface area (Å²) < 4.78 is 2.27. The van der Waals surface area contributed by atoms with E-state index < -0.39 is 0 Å². The van der Waals surface area contributed by atoms with Crippen molar-refractivity contribution in [2.75, 3.05) is 13.1 Å². The minimum absolute atomic E-state index is 0.377. The van der Waals surface area contributed by atoms with E-state index in [1.165, 1.54) is 6.42 Å². The van der Waals surface area contributed by atoms with Crippen LogP contribution < -0.4 is 5.32 Å². The van der Waals surface area contributed by atoms with Crippen molar-refractivity contribution in [2.24, 2.45) is 0 Å². The second-order valence-electron chi connectivity index (χ2n) is 5.66. The average molecular weight is 313 g/mol. The molecule has 1 fully saturated rings. The highest BCUT2D eigenvalue weighted by atomic mass is 35.5. The Morgan fingerprint density at radius 2 is 2.18 bits per heavy atom. The molecular formula is C17H17ClN4. The number of benzene rings is 1. The lowest BCUT2D eigenvalue weighted by molar-refractivity contribution is 0.379. The summed E-state index contributed by atoms with van der Waals surface area (Å²) in [4.78, 5) is 9.38. The molecule has 1 atom stereocenters. The molecular weight excluding hydrogens is 296 g/mol. The molecule has 3 aromatic rings. The number of pyridine rings is 1. The molecule has 5 heteroatoms. The third kappa shape index (κ3) is 2.38. The summed E-state index contributed by atoms with van der Waals surface area (Å²) in [7, 11) is 0. The highest BCUT2D eigenvalue weighted by Gasteiger charge is 2.22. The lowest BCUT2D eigenvalue weighted by Gasteiger charge is -2.26. The molecule has 22 heavy (non-hydrogen) atoms. The van der Waals surface area contributed by atoms with Crippen molar-refractivity contribution in [3.8, 4) is 11.4 Å². The van der Waals surface area contributed by atoms with Gasteiger partial charge in [0.05, 0.1) is 0 Å². The van der Waals surface area contributed by atoms with Gasteiger partial charge in [-0.25, -0.2) is 9.97 Å². The van der Waals surface area contributed by atoms with E-state index in [9.17, 15) is 0 Å². The summed E-state index contributed by atoms with van der Waals surface area (Å²) in [6, 6.07) is 12.2. The molecule has 3 heterocycles. The molecule has 0 saturated carbocycles. The van der Waals surface area contributed by atoms with Crippen LogP contribution in [0.3, 0.4) is 0 Å². The number of hydrogen-bond acceptors (Lipinski definition) is 3. The van der Waals surface area contributed by atoms with Crippen molar-refractivity contribution in [1.29, 1.82) is 0 Å². The van der Waals surface area contributed by atoms with E-state index in [4.69, 9.17) is 16.6 Å². The molecule has 4 nitrogen and oxygen atoms in total. The number of nitrogens with zero attached hydrogens (tertiary/aromatic N) is 3. The molecule has 1 aromatic carbocycles. The van der Waals surface area contributed by atoms with Crippen LogP contribution in [0.4, 0.5) is 0 Å². The number of imidazole rings is 1. The Balaban J connectivity index is 1.93. The van der Waals surface area contributed by atoms with Crippen molar-refractivity contribution in [2.45, 2.75) is 18.9 Å². The molecule has 0 bridgehead atoms. The fraction of sp³-hybridized carbons (Fsp3) is 0.294. The maximum atomic E-state index is 6.17. The van der Waals surface area contributed by atoms with Gasteiger partial charge < -0.3 is 9.88 Å². The Labute approximate surface area is 134 Å². The zero-order chi connectivity index (χ0) is 14.9. The zero-order valence-electron chi connectivity index (χ0n) is 12.2. The van der Waals surface area contributed by atoms with E-state index in [0.717, 1.165) is 47.1 Å². The van der Waals surface area contributed by atoms with Crippen LogP contribution in [0.25, 0.3) is 22.6 Å². The van der Waals surface area contributed by atoms with Crippen LogP contribution in [-0.4, -0.2) is 27.6 Å². The first-order valence-electron chi connectivity index (χ1n) is 7.62. The van der Waals surface area contributed by atoms with Crippen molar-refractivity contribution in [1.82, 2.24) is 19.9 Å². The summed E-state index contributed by atoms with van der Waals surface area (Å²) in [5.74, 6) is 0.949. The maximum Gasteiger partial charge on any atom is 0.160 e. The Morgan fingerprint density at radius 1 is 1.23 bits per heavy atom. The van der Waals surface area contributed by atoms with Gasteiger partial charge >= 0.3 is 0 Å². The molecule has 0 spiro atoms. The number of rotatable bonds is 2. The molecule has 0 radical (unpaired) electrons. The second-order valence-corrected chi connectivity index (χ2v) is 6.10. The first kappa shape index (κ1) is 13.7. The molecule has 1 aliphatic rings. The number of nitrogens with one attached hydrogen (secondary N) is 1. The first-order valence-corrected chi connectivity index (χ1v) is 8.00. The summed E-state index contributed by atoms with van der Waals surface area (Å²) in [6.07, 6.45) is 4.15. The van der Waals surface area contributed by atoms with Crippen LogP contribution in [0.5, 0.6) is 0 Å². The van der Waals surface area contributed by atoms with E-state index in [1.807, 2.05) is 36.5 Å². The molecule has 2 aromatic heterocycles. The van der Waals surface area contributed by atoms with Crippen LogP contribution >= 0.6 is 11.6 Å². The van der Waals surface area contributed by atoms with Crippen molar-refractivity contribution >= 4 is 22.8 Å². The number of piperidine rings is 1. The zero-order valence-corrected chi connectivity index (χ0v) is 12.9. The van der Waals surface area contributed by atoms with Gasteiger partial charge in [-0.1, -0.05) is 23.7 Å². The molecule has 112 valence electrons. The van der Waals surface area contributed by atoms with Gasteiger partial charge in [0, 0.05) is 29.4 Å². The van der Waals surface area contributed by atoms with Gasteiger partial charge in [0.2, 0.25) is 0 Å². The minimum atomic E-state index is 0.377. The number of halogens is 1. The topological polar surface area (TPSA) is 42.7 Å². The van der Waals surface area contributed by atoms with Gasteiger partial charge in [0.1, 0.15) is 11.3 Å². The minimum Gasteiger partial charge on any atom is -0.315 e. The normalized spacial score (nSPS) is 18.7. The fourth-order valence-electron chi connectivity index (χ4n) is 3.16. The molecule has 1 saturated heterocycles. The smallest absolute Gasteiger partial charge is 0.160 e. The van der Waals surface area contributed by atoms with Crippen molar-refractivity contribution < 1.29 is 0 Å². The Hall–Kier alpha value is -1.91. The fourth-order valence-corrected chi connectivity index (χ4v) is 3.35. The number of aromatic nitrogens is 3. The molecule has 1 N–H and O–H groups in total. The standard InChI is InChI=1S/C17H17ClN4/c18-13-5-1-4-12(10-13)16-21-15-7-3-9-20-17(15)22(16)14-6-2-8-19-11-14/h1,3-5,7,9-10,14,19H,2,6,8,11H2. The summed E-state index contributed by atoms with van der Waals surface area (Å²) in [6.45, 7) is 2.04. The molecule has 1 aliphatic heterocycles. The van der Waals surface area contributed by atoms with Gasteiger partial charge in [-0.05, 0) is 43.7 Å². The molecule has 0 aliphatic carbocycles. The van der Waals surface area contributed by atoms with Gasteiger partial charge in [0.15, 0.2) is 5.65 Å². The van der Waals surface area contributed by atoms with E-state index in [0.29, 0.717) is 6.04 Å². The second kappa shape index (κ2) is 5.71. The largest absolute Gasteiger partial charge is 0.315 e. The monoisotopic (exact) mass is 312 g/mol. The van der Waals surface area contributed by atoms with Crippen LogP contribution in [0, 0.1) is 0 Å². The number of fused-ring (bicyclic) bond motifs is 1. The van der Waals surface area contributed by atoms with Gasteiger partial charge in [0.25, 0.3) is 0 Å². The lowest BCUT2D eigenvalue weighted by atomic mass is 10.1. The maximum absolute atomic E-state index is 6.17. The SMILES string of the molecule is Clc1cccc(-c2nc3cccnc3n2C2CCCNC2)c1.